The van der Waals surface area contributed by atoms with E-state index in [4.69, 9.17) is 0 Å². The van der Waals surface area contributed by atoms with E-state index >= 15 is 0 Å². The molecule has 0 aromatic rings. The van der Waals surface area contributed by atoms with Crippen LogP contribution in [0.1, 0.15) is 32.6 Å². The highest BCUT2D eigenvalue weighted by Gasteiger charge is 2.34. The molecule has 110 valence electrons. The van der Waals surface area contributed by atoms with E-state index in [1.165, 1.54) is 12.8 Å². The summed E-state index contributed by atoms with van der Waals surface area (Å²) in [6.07, 6.45) is 3.99. The van der Waals surface area contributed by atoms with Gasteiger partial charge in [-0.05, 0) is 38.1 Å². The van der Waals surface area contributed by atoms with E-state index < -0.39 is 9.84 Å². The van der Waals surface area contributed by atoms with Gasteiger partial charge >= 0.3 is 0 Å². The fourth-order valence-corrected chi connectivity index (χ4v) is 4.31. The zero-order chi connectivity index (χ0) is 13.9. The lowest BCUT2D eigenvalue weighted by molar-refractivity contribution is -0.132. The molecule has 1 heterocycles. The van der Waals surface area contributed by atoms with E-state index in [0.29, 0.717) is 19.5 Å². The lowest BCUT2D eigenvalue weighted by atomic mass is 10.2. The predicted octanol–water partition coefficient (Wildman–Crippen LogP) is 0.412. The number of rotatable bonds is 7. The van der Waals surface area contributed by atoms with Gasteiger partial charge in [-0.1, -0.05) is 6.92 Å². The Balaban J connectivity index is 1.84. The van der Waals surface area contributed by atoms with Crippen LogP contribution in [0.25, 0.3) is 0 Å². The predicted molar refractivity (Wildman–Crippen MR) is 74.7 cm³/mol. The fraction of sp³-hybridized carbons (Fsp3) is 0.923. The molecule has 5 nitrogen and oxygen atoms in total. The molecule has 1 aliphatic carbocycles. The Morgan fingerprint density at radius 2 is 2.05 bits per heavy atom. The van der Waals surface area contributed by atoms with Gasteiger partial charge in [-0.3, -0.25) is 4.79 Å². The van der Waals surface area contributed by atoms with Gasteiger partial charge in [0, 0.05) is 12.6 Å². The maximum atomic E-state index is 12.2. The van der Waals surface area contributed by atoms with Crippen molar-refractivity contribution in [1.82, 2.24) is 10.2 Å². The Bertz CT molecular complexity index is 418. The number of nitrogens with one attached hydrogen (secondary N) is 1. The highest BCUT2D eigenvalue weighted by Crippen LogP contribution is 2.27. The molecule has 0 spiro atoms. The van der Waals surface area contributed by atoms with Gasteiger partial charge in [0.05, 0.1) is 18.1 Å². The first-order chi connectivity index (χ1) is 9.02. The normalized spacial score (nSPS) is 25.4. The quantitative estimate of drug-likeness (QED) is 0.737. The summed E-state index contributed by atoms with van der Waals surface area (Å²) in [4.78, 5) is 14.0. The topological polar surface area (TPSA) is 66.5 Å². The first-order valence-electron chi connectivity index (χ1n) is 7.22. The lowest BCUT2D eigenvalue weighted by Gasteiger charge is -2.28. The summed E-state index contributed by atoms with van der Waals surface area (Å²) in [5, 5.41) is 3.19. The molecule has 2 aliphatic rings. The minimum absolute atomic E-state index is 0.0459. The summed E-state index contributed by atoms with van der Waals surface area (Å²) in [5.74, 6) is 1.16. The third kappa shape index (κ3) is 4.45. The number of hydrogen-bond donors (Lipinski definition) is 1. The van der Waals surface area contributed by atoms with E-state index in [2.05, 4.69) is 5.32 Å². The highest BCUT2D eigenvalue weighted by atomic mass is 32.2. The molecule has 0 aromatic carbocycles. The van der Waals surface area contributed by atoms with Gasteiger partial charge in [-0.2, -0.15) is 0 Å². The number of amides is 1. The van der Waals surface area contributed by atoms with Crippen LogP contribution in [0, 0.1) is 5.92 Å². The van der Waals surface area contributed by atoms with Gasteiger partial charge in [0.2, 0.25) is 5.91 Å². The molecule has 1 saturated heterocycles. The van der Waals surface area contributed by atoms with Crippen LogP contribution < -0.4 is 5.32 Å². The Labute approximate surface area is 115 Å². The lowest BCUT2D eigenvalue weighted by Crippen LogP contribution is -2.45. The smallest absolute Gasteiger partial charge is 0.236 e. The average molecular weight is 288 g/mol. The molecular formula is C13H24N2O3S. The third-order valence-electron chi connectivity index (χ3n) is 3.84. The molecule has 1 unspecified atom stereocenters. The van der Waals surface area contributed by atoms with Crippen molar-refractivity contribution < 1.29 is 13.2 Å². The van der Waals surface area contributed by atoms with Crippen molar-refractivity contribution in [3.05, 3.63) is 0 Å². The molecule has 6 heteroatoms. The fourth-order valence-electron chi connectivity index (χ4n) is 2.58. The number of carbonyl (C=O) groups excluding carboxylic acids is 1. The van der Waals surface area contributed by atoms with Crippen LogP contribution in [0.3, 0.4) is 0 Å². The van der Waals surface area contributed by atoms with Gasteiger partial charge in [0.15, 0.2) is 9.84 Å². The number of carbonyl (C=O) groups is 1. The van der Waals surface area contributed by atoms with Crippen LogP contribution in [0.5, 0.6) is 0 Å². The van der Waals surface area contributed by atoms with Crippen LogP contribution in [0.4, 0.5) is 0 Å². The molecule has 1 N–H and O–H groups in total. The van der Waals surface area contributed by atoms with Crippen molar-refractivity contribution in [2.45, 2.75) is 38.6 Å². The highest BCUT2D eigenvalue weighted by molar-refractivity contribution is 7.91. The van der Waals surface area contributed by atoms with Gasteiger partial charge in [-0.25, -0.2) is 8.42 Å². The molecule has 0 aromatic heterocycles. The largest absolute Gasteiger partial charge is 0.338 e. The van der Waals surface area contributed by atoms with Crippen molar-refractivity contribution in [3.8, 4) is 0 Å². The molecule has 19 heavy (non-hydrogen) atoms. The molecule has 0 bridgehead atoms. The number of sulfone groups is 1. The van der Waals surface area contributed by atoms with Crippen molar-refractivity contribution >= 4 is 15.7 Å². The summed E-state index contributed by atoms with van der Waals surface area (Å²) < 4.78 is 23.1. The minimum atomic E-state index is -2.93. The molecule has 1 amide bonds. The summed E-state index contributed by atoms with van der Waals surface area (Å²) in [6.45, 7) is 3.92. The second-order valence-electron chi connectivity index (χ2n) is 5.72. The van der Waals surface area contributed by atoms with Gasteiger partial charge in [0.1, 0.15) is 0 Å². The second kappa shape index (κ2) is 6.22. The Hall–Kier alpha value is -0.620. The maximum absolute atomic E-state index is 12.2. The summed E-state index contributed by atoms with van der Waals surface area (Å²) in [6, 6.07) is -0.111. The number of hydrogen-bond acceptors (Lipinski definition) is 4. The molecule has 1 atom stereocenters. The molecule has 2 rings (SSSR count). The summed E-state index contributed by atoms with van der Waals surface area (Å²) >= 11 is 0. The molecular weight excluding hydrogens is 264 g/mol. The van der Waals surface area contributed by atoms with Crippen molar-refractivity contribution in [2.24, 2.45) is 5.92 Å². The second-order valence-corrected chi connectivity index (χ2v) is 7.95. The van der Waals surface area contributed by atoms with E-state index in [0.717, 1.165) is 18.9 Å². The van der Waals surface area contributed by atoms with Gasteiger partial charge in [-0.15, -0.1) is 0 Å². The van der Waals surface area contributed by atoms with Crippen LogP contribution in [0.2, 0.25) is 0 Å². The summed E-state index contributed by atoms with van der Waals surface area (Å²) in [5.41, 5.74) is 0. The first-order valence-corrected chi connectivity index (χ1v) is 9.04. The average Bonchev–Trinajstić information content (AvgIpc) is 3.09. The van der Waals surface area contributed by atoms with Crippen LogP contribution >= 0.6 is 0 Å². The minimum Gasteiger partial charge on any atom is -0.338 e. The monoisotopic (exact) mass is 288 g/mol. The van der Waals surface area contributed by atoms with E-state index in [-0.39, 0.29) is 23.5 Å². The maximum Gasteiger partial charge on any atom is 0.236 e. The van der Waals surface area contributed by atoms with Crippen LogP contribution in [-0.4, -0.2) is 56.4 Å². The molecule has 2 fully saturated rings. The van der Waals surface area contributed by atoms with Gasteiger partial charge in [0.25, 0.3) is 0 Å². The SMILES string of the molecule is CCCN(C(=O)CNCC1CC1)C1CCS(=O)(=O)C1. The third-order valence-corrected chi connectivity index (χ3v) is 5.59. The molecule has 1 saturated carbocycles. The van der Waals surface area contributed by atoms with E-state index in [1.807, 2.05) is 6.92 Å². The van der Waals surface area contributed by atoms with Crippen molar-refractivity contribution in [3.63, 3.8) is 0 Å². The van der Waals surface area contributed by atoms with Crippen molar-refractivity contribution in [1.29, 1.82) is 0 Å². The zero-order valence-corrected chi connectivity index (χ0v) is 12.4. The number of nitrogens with zero attached hydrogens (tertiary/aromatic N) is 1. The Morgan fingerprint density at radius 3 is 2.58 bits per heavy atom. The molecule has 0 radical (unpaired) electrons. The Morgan fingerprint density at radius 1 is 1.32 bits per heavy atom. The van der Waals surface area contributed by atoms with E-state index in [9.17, 15) is 13.2 Å². The van der Waals surface area contributed by atoms with Crippen molar-refractivity contribution in [2.75, 3.05) is 31.1 Å². The Kier molecular flexibility index (Phi) is 4.84. The van der Waals surface area contributed by atoms with E-state index in [1.54, 1.807) is 4.90 Å². The summed E-state index contributed by atoms with van der Waals surface area (Å²) in [7, 11) is -2.93. The standard InChI is InChI=1S/C13H24N2O3S/c1-2-6-15(12-5-7-19(17,18)10-12)13(16)9-14-8-11-3-4-11/h11-12,14H,2-10H2,1H3. The zero-order valence-electron chi connectivity index (χ0n) is 11.6. The molecule has 1 aliphatic heterocycles. The van der Waals surface area contributed by atoms with Crippen LogP contribution in [-0.2, 0) is 14.6 Å². The first kappa shape index (κ1) is 14.8. The van der Waals surface area contributed by atoms with Gasteiger partial charge < -0.3 is 10.2 Å². The van der Waals surface area contributed by atoms with Crippen LogP contribution in [0.15, 0.2) is 0 Å².